The van der Waals surface area contributed by atoms with Gasteiger partial charge in [-0.25, -0.2) is 0 Å². The molecule has 1 heterocycles. The van der Waals surface area contributed by atoms with E-state index in [4.69, 9.17) is 0 Å². The summed E-state index contributed by atoms with van der Waals surface area (Å²) in [6.07, 6.45) is -0.145. The molecule has 1 aliphatic rings. The van der Waals surface area contributed by atoms with Gasteiger partial charge in [-0.2, -0.15) is 35.3 Å². The van der Waals surface area contributed by atoms with E-state index in [1.807, 2.05) is 35.3 Å². The van der Waals surface area contributed by atoms with Gasteiger partial charge in [-0.3, -0.25) is 0 Å². The minimum Gasteiger partial charge on any atom is -0.391 e. The molecule has 0 atom stereocenters. The van der Waals surface area contributed by atoms with Crippen LogP contribution in [0.2, 0.25) is 0 Å². The predicted octanol–water partition coefficient (Wildman–Crippen LogP) is 0.740. The molecular formula is C11H24N2OS3. The number of rotatable bonds is 0. The third-order valence-electron chi connectivity index (χ3n) is 2.31. The molecule has 0 bridgehead atoms. The highest BCUT2D eigenvalue weighted by molar-refractivity contribution is 8.00. The normalized spacial score (nSPS) is 24.5. The van der Waals surface area contributed by atoms with Crippen molar-refractivity contribution in [2.75, 3.05) is 60.7 Å². The summed E-state index contributed by atoms with van der Waals surface area (Å²) in [5.74, 6) is 6.35. The van der Waals surface area contributed by atoms with Gasteiger partial charge in [0.05, 0.1) is 6.10 Å². The monoisotopic (exact) mass is 296 g/mol. The lowest BCUT2D eigenvalue weighted by Crippen LogP contribution is -2.24. The molecule has 3 N–H and O–H groups in total. The van der Waals surface area contributed by atoms with E-state index in [0.717, 1.165) is 49.2 Å². The van der Waals surface area contributed by atoms with Crippen molar-refractivity contribution < 1.29 is 5.11 Å². The van der Waals surface area contributed by atoms with Crippen molar-refractivity contribution in [1.29, 1.82) is 0 Å². The summed E-state index contributed by atoms with van der Waals surface area (Å²) >= 11 is 5.71. The van der Waals surface area contributed by atoms with Gasteiger partial charge >= 0.3 is 0 Å². The Labute approximate surface area is 118 Å². The van der Waals surface area contributed by atoms with Crippen LogP contribution >= 0.6 is 35.3 Å². The molecule has 0 radical (unpaired) electrons. The second-order valence-electron chi connectivity index (χ2n) is 3.92. The second-order valence-corrected chi connectivity index (χ2v) is 7.44. The van der Waals surface area contributed by atoms with Crippen LogP contribution in [0.15, 0.2) is 0 Å². The molecule has 0 aromatic heterocycles. The molecular weight excluding hydrogens is 272 g/mol. The van der Waals surface area contributed by atoms with E-state index < -0.39 is 0 Å². The minimum atomic E-state index is -0.145. The minimum absolute atomic E-state index is 0.145. The van der Waals surface area contributed by atoms with E-state index in [1.54, 1.807) is 0 Å². The van der Waals surface area contributed by atoms with E-state index in [2.05, 4.69) is 10.6 Å². The van der Waals surface area contributed by atoms with Crippen molar-refractivity contribution in [3.63, 3.8) is 0 Å². The van der Waals surface area contributed by atoms with Gasteiger partial charge in [0.25, 0.3) is 0 Å². The van der Waals surface area contributed by atoms with Gasteiger partial charge in [-0.1, -0.05) is 0 Å². The number of hydrogen-bond acceptors (Lipinski definition) is 6. The van der Waals surface area contributed by atoms with Crippen LogP contribution in [0.25, 0.3) is 0 Å². The molecule has 1 saturated heterocycles. The zero-order valence-corrected chi connectivity index (χ0v) is 12.8. The highest BCUT2D eigenvalue weighted by Crippen LogP contribution is 2.08. The van der Waals surface area contributed by atoms with Gasteiger partial charge in [0, 0.05) is 60.7 Å². The first-order valence-corrected chi connectivity index (χ1v) is 9.69. The first kappa shape index (κ1) is 16.0. The lowest BCUT2D eigenvalue weighted by atomic mass is 10.5. The number of thioether (sulfide) groups is 3. The van der Waals surface area contributed by atoms with Gasteiger partial charge in [-0.05, 0) is 0 Å². The average Bonchev–Trinajstić information content (AvgIpc) is 2.32. The molecule has 17 heavy (non-hydrogen) atoms. The van der Waals surface area contributed by atoms with Crippen LogP contribution in [-0.4, -0.2) is 71.9 Å². The summed E-state index contributed by atoms with van der Waals surface area (Å²) in [5.41, 5.74) is 0. The molecule has 0 aliphatic carbocycles. The molecule has 1 aliphatic heterocycles. The fourth-order valence-corrected chi connectivity index (χ4v) is 4.04. The fourth-order valence-electron chi connectivity index (χ4n) is 1.42. The Morgan fingerprint density at radius 3 is 1.59 bits per heavy atom. The Morgan fingerprint density at radius 2 is 1.12 bits per heavy atom. The molecule has 3 nitrogen and oxygen atoms in total. The maximum absolute atomic E-state index is 9.73. The number of aliphatic hydroxyl groups excluding tert-OH is 1. The summed E-state index contributed by atoms with van der Waals surface area (Å²) in [6, 6.07) is 0. The van der Waals surface area contributed by atoms with Crippen LogP contribution in [-0.2, 0) is 0 Å². The average molecular weight is 297 g/mol. The van der Waals surface area contributed by atoms with E-state index >= 15 is 0 Å². The lowest BCUT2D eigenvalue weighted by Gasteiger charge is -2.11. The maximum Gasteiger partial charge on any atom is 0.0720 e. The third-order valence-corrected chi connectivity index (χ3v) is 5.53. The Balaban J connectivity index is 2.09. The van der Waals surface area contributed by atoms with Crippen molar-refractivity contribution >= 4 is 35.3 Å². The van der Waals surface area contributed by atoms with Gasteiger partial charge in [0.15, 0.2) is 0 Å². The van der Waals surface area contributed by atoms with E-state index in [-0.39, 0.29) is 6.10 Å². The highest BCUT2D eigenvalue weighted by Gasteiger charge is 2.04. The van der Waals surface area contributed by atoms with E-state index in [0.29, 0.717) is 0 Å². The molecule has 6 heteroatoms. The van der Waals surface area contributed by atoms with Crippen LogP contribution in [0.3, 0.4) is 0 Å². The second kappa shape index (κ2) is 12.0. The van der Waals surface area contributed by atoms with Crippen LogP contribution < -0.4 is 10.6 Å². The van der Waals surface area contributed by atoms with Crippen molar-refractivity contribution in [2.24, 2.45) is 0 Å². The Morgan fingerprint density at radius 1 is 0.706 bits per heavy atom. The third kappa shape index (κ3) is 10.5. The number of aliphatic hydroxyl groups is 1. The SMILES string of the molecule is OC1CSCCNCCSCCNCCSC1. The van der Waals surface area contributed by atoms with E-state index in [9.17, 15) is 5.11 Å². The largest absolute Gasteiger partial charge is 0.391 e. The molecule has 0 spiro atoms. The first-order chi connectivity index (χ1) is 8.39. The summed E-state index contributed by atoms with van der Waals surface area (Å²) in [7, 11) is 0. The molecule has 0 aromatic rings. The van der Waals surface area contributed by atoms with Crippen LogP contribution in [0.4, 0.5) is 0 Å². The van der Waals surface area contributed by atoms with Crippen LogP contribution in [0, 0.1) is 0 Å². The standard InChI is InChI=1S/C11H24N2OS3/c14-11-9-16-7-3-12-1-5-15-6-2-13-4-8-17-10-11/h11-14H,1-10H2. The van der Waals surface area contributed by atoms with Gasteiger partial charge in [0.1, 0.15) is 0 Å². The Kier molecular flexibility index (Phi) is 11.3. The Hall–Kier alpha value is 0.930. The molecule has 0 unspecified atom stereocenters. The van der Waals surface area contributed by atoms with E-state index in [1.165, 1.54) is 11.5 Å². The van der Waals surface area contributed by atoms with Crippen molar-refractivity contribution in [1.82, 2.24) is 10.6 Å². The zero-order chi connectivity index (χ0) is 12.2. The smallest absolute Gasteiger partial charge is 0.0720 e. The molecule has 1 fully saturated rings. The van der Waals surface area contributed by atoms with Crippen LogP contribution in [0.1, 0.15) is 0 Å². The molecule has 0 aromatic carbocycles. The molecule has 0 amide bonds. The van der Waals surface area contributed by atoms with Crippen molar-refractivity contribution in [3.05, 3.63) is 0 Å². The first-order valence-electron chi connectivity index (χ1n) is 6.22. The van der Waals surface area contributed by atoms with Crippen molar-refractivity contribution in [3.8, 4) is 0 Å². The van der Waals surface area contributed by atoms with Crippen LogP contribution in [0.5, 0.6) is 0 Å². The van der Waals surface area contributed by atoms with Gasteiger partial charge < -0.3 is 15.7 Å². The molecule has 1 rings (SSSR count). The summed E-state index contributed by atoms with van der Waals surface area (Å²) in [4.78, 5) is 0. The summed E-state index contributed by atoms with van der Waals surface area (Å²) in [5, 5.41) is 16.6. The fraction of sp³-hybridized carbons (Fsp3) is 1.00. The van der Waals surface area contributed by atoms with Crippen molar-refractivity contribution in [2.45, 2.75) is 6.10 Å². The quantitative estimate of drug-likeness (QED) is 0.613. The number of hydrogen-bond donors (Lipinski definition) is 3. The predicted molar refractivity (Wildman–Crippen MR) is 83.7 cm³/mol. The summed E-state index contributed by atoms with van der Waals surface area (Å²) in [6.45, 7) is 4.32. The molecule has 102 valence electrons. The lowest BCUT2D eigenvalue weighted by molar-refractivity contribution is 0.225. The zero-order valence-electron chi connectivity index (χ0n) is 10.3. The number of nitrogens with one attached hydrogen (secondary N) is 2. The Bertz CT molecular complexity index is 159. The van der Waals surface area contributed by atoms with Gasteiger partial charge in [-0.15, -0.1) is 0 Å². The maximum atomic E-state index is 9.73. The topological polar surface area (TPSA) is 44.3 Å². The highest BCUT2D eigenvalue weighted by atomic mass is 32.2. The molecule has 0 saturated carbocycles. The van der Waals surface area contributed by atoms with Gasteiger partial charge in [0.2, 0.25) is 0 Å². The summed E-state index contributed by atoms with van der Waals surface area (Å²) < 4.78 is 0.